The molecule has 1 amide bonds. The van der Waals surface area contributed by atoms with Crippen LogP contribution in [0, 0.1) is 6.92 Å². The molecular formula is C19H22F3N5O3. The molecule has 0 aliphatic carbocycles. The zero-order valence-corrected chi connectivity index (χ0v) is 16.6. The van der Waals surface area contributed by atoms with Crippen molar-refractivity contribution in [2.75, 3.05) is 31.1 Å². The van der Waals surface area contributed by atoms with Crippen LogP contribution < -0.4 is 10.5 Å². The Hall–Kier alpha value is -3.11. The first-order valence-corrected chi connectivity index (χ1v) is 9.41. The molecule has 3 heterocycles. The van der Waals surface area contributed by atoms with Crippen LogP contribution in [0.25, 0.3) is 0 Å². The Morgan fingerprint density at radius 1 is 1.23 bits per heavy atom. The second-order valence-corrected chi connectivity index (χ2v) is 7.16. The number of rotatable bonds is 4. The van der Waals surface area contributed by atoms with Gasteiger partial charge in [-0.25, -0.2) is 14.8 Å². The highest BCUT2D eigenvalue weighted by Crippen LogP contribution is 2.28. The molecule has 0 bridgehead atoms. The molecule has 0 spiro atoms. The molecule has 11 heteroatoms. The van der Waals surface area contributed by atoms with Gasteiger partial charge >= 0.3 is 12.3 Å². The van der Waals surface area contributed by atoms with E-state index in [4.69, 9.17) is 4.74 Å². The van der Waals surface area contributed by atoms with Gasteiger partial charge in [0.1, 0.15) is 6.10 Å². The first kappa shape index (κ1) is 21.6. The fraction of sp³-hybridized carbons (Fsp3) is 0.474. The van der Waals surface area contributed by atoms with Gasteiger partial charge in [0.05, 0.1) is 5.56 Å². The number of amides is 1. The van der Waals surface area contributed by atoms with Gasteiger partial charge in [0, 0.05) is 56.8 Å². The average Bonchev–Trinajstić information content (AvgIpc) is 2.70. The number of nitrogens with one attached hydrogen (secondary N) is 1. The molecule has 8 nitrogen and oxygen atoms in total. The molecule has 1 N–H and O–H groups in total. The number of alkyl halides is 3. The summed E-state index contributed by atoms with van der Waals surface area (Å²) in [5, 5.41) is 0. The maximum Gasteiger partial charge on any atom is 0.419 e. The van der Waals surface area contributed by atoms with Crippen molar-refractivity contribution >= 4 is 12.0 Å². The number of ether oxygens (including phenoxy) is 1. The molecule has 1 fully saturated rings. The lowest BCUT2D eigenvalue weighted by atomic mass is 10.1. The molecule has 162 valence electrons. The number of aromatic nitrogens is 3. The van der Waals surface area contributed by atoms with Crippen molar-refractivity contribution in [2.45, 2.75) is 32.5 Å². The van der Waals surface area contributed by atoms with Crippen LogP contribution in [-0.4, -0.2) is 58.2 Å². The lowest BCUT2D eigenvalue weighted by molar-refractivity contribution is -0.138. The highest BCUT2D eigenvalue weighted by atomic mass is 19.4. The number of hydrogen-bond donors (Lipinski definition) is 1. The average molecular weight is 425 g/mol. The van der Waals surface area contributed by atoms with Gasteiger partial charge in [-0.15, -0.1) is 0 Å². The van der Waals surface area contributed by atoms with Crippen LogP contribution in [-0.2, 0) is 17.3 Å². The summed E-state index contributed by atoms with van der Waals surface area (Å²) < 4.78 is 43.3. The zero-order chi connectivity index (χ0) is 21.9. The van der Waals surface area contributed by atoms with Crippen molar-refractivity contribution in [3.8, 4) is 0 Å². The quantitative estimate of drug-likeness (QED) is 0.809. The van der Waals surface area contributed by atoms with Crippen molar-refractivity contribution < 1.29 is 22.7 Å². The zero-order valence-electron chi connectivity index (χ0n) is 16.6. The minimum atomic E-state index is -4.48. The van der Waals surface area contributed by atoms with Gasteiger partial charge in [-0.2, -0.15) is 13.2 Å². The lowest BCUT2D eigenvalue weighted by Crippen LogP contribution is -2.50. The van der Waals surface area contributed by atoms with Crippen LogP contribution in [0.3, 0.4) is 0 Å². The Kier molecular flexibility index (Phi) is 6.28. The number of anilines is 1. The summed E-state index contributed by atoms with van der Waals surface area (Å²) in [4.78, 5) is 37.3. The number of hydrogen-bond acceptors (Lipinski definition) is 6. The lowest BCUT2D eigenvalue weighted by Gasteiger charge is -2.34. The highest BCUT2D eigenvalue weighted by Gasteiger charge is 2.32. The third kappa shape index (κ3) is 5.28. The summed E-state index contributed by atoms with van der Waals surface area (Å²) in [7, 11) is 0. The number of carbonyl (C=O) groups is 1. The molecule has 30 heavy (non-hydrogen) atoms. The highest BCUT2D eigenvalue weighted by molar-refractivity contribution is 5.68. The Labute approximate surface area is 170 Å². The van der Waals surface area contributed by atoms with E-state index in [9.17, 15) is 22.8 Å². The molecule has 1 atom stereocenters. The van der Waals surface area contributed by atoms with Crippen molar-refractivity contribution in [3.63, 3.8) is 0 Å². The van der Waals surface area contributed by atoms with Crippen LogP contribution in [0.15, 0.2) is 29.5 Å². The molecule has 1 saturated heterocycles. The molecule has 1 aliphatic heterocycles. The Morgan fingerprint density at radius 2 is 1.87 bits per heavy atom. The molecule has 2 aromatic heterocycles. The molecule has 1 aliphatic rings. The number of piperazine rings is 1. The van der Waals surface area contributed by atoms with Crippen molar-refractivity contribution in [1.82, 2.24) is 19.9 Å². The minimum Gasteiger partial charge on any atom is -0.446 e. The van der Waals surface area contributed by atoms with E-state index in [1.807, 2.05) is 0 Å². The predicted molar refractivity (Wildman–Crippen MR) is 102 cm³/mol. The summed E-state index contributed by atoms with van der Waals surface area (Å²) in [6.45, 7) is 4.92. The van der Waals surface area contributed by atoms with E-state index in [-0.39, 0.29) is 17.6 Å². The van der Waals surface area contributed by atoms with Gasteiger partial charge in [0.15, 0.2) is 0 Å². The van der Waals surface area contributed by atoms with E-state index in [0.717, 1.165) is 18.0 Å². The van der Waals surface area contributed by atoms with Crippen LogP contribution in [0.4, 0.5) is 23.9 Å². The van der Waals surface area contributed by atoms with E-state index in [1.54, 1.807) is 31.0 Å². The maximum absolute atomic E-state index is 12.6. The molecular weight excluding hydrogens is 403 g/mol. The summed E-state index contributed by atoms with van der Waals surface area (Å²) >= 11 is 0. The summed E-state index contributed by atoms with van der Waals surface area (Å²) in [5.41, 5.74) is 0.391. The standard InChI is InChI=1S/C19H22F3N5O3/c1-12-7-14(9-23-16(12)28)8-13(2)30-18(29)27-5-3-26(4-6-27)17-24-10-15(11-25-17)19(20,21)22/h7,9-11,13H,3-6,8H2,1-2H3,(H,23,28). The van der Waals surface area contributed by atoms with Gasteiger partial charge in [-0.1, -0.05) is 0 Å². The normalized spacial score (nSPS) is 15.8. The topological polar surface area (TPSA) is 91.4 Å². The van der Waals surface area contributed by atoms with Crippen molar-refractivity contribution in [1.29, 1.82) is 0 Å². The smallest absolute Gasteiger partial charge is 0.419 e. The number of H-pyrrole nitrogens is 1. The maximum atomic E-state index is 12.6. The van der Waals surface area contributed by atoms with Crippen LogP contribution in [0.1, 0.15) is 23.6 Å². The Morgan fingerprint density at radius 3 is 2.43 bits per heavy atom. The third-order valence-corrected chi connectivity index (χ3v) is 4.76. The third-order valence-electron chi connectivity index (χ3n) is 4.76. The number of aryl methyl sites for hydroxylation is 1. The van der Waals surface area contributed by atoms with Gasteiger partial charge in [-0.05, 0) is 25.5 Å². The fourth-order valence-electron chi connectivity index (χ4n) is 3.12. The molecule has 0 aromatic carbocycles. The first-order valence-electron chi connectivity index (χ1n) is 9.41. The summed E-state index contributed by atoms with van der Waals surface area (Å²) in [6.07, 6.45) is -1.76. The van der Waals surface area contributed by atoms with E-state index in [2.05, 4.69) is 15.0 Å². The van der Waals surface area contributed by atoms with Gasteiger partial charge in [-0.3, -0.25) is 4.79 Å². The largest absolute Gasteiger partial charge is 0.446 e. The Balaban J connectivity index is 1.50. The minimum absolute atomic E-state index is 0.154. The van der Waals surface area contributed by atoms with E-state index < -0.39 is 17.8 Å². The summed E-state index contributed by atoms with van der Waals surface area (Å²) in [6, 6.07) is 1.76. The SMILES string of the molecule is Cc1cc(CC(C)OC(=O)N2CCN(c3ncc(C(F)(F)F)cn3)CC2)c[nH]c1=O. The van der Waals surface area contributed by atoms with Crippen molar-refractivity contribution in [3.05, 3.63) is 51.7 Å². The monoisotopic (exact) mass is 425 g/mol. The molecule has 0 saturated carbocycles. The number of nitrogens with zero attached hydrogens (tertiary/aromatic N) is 4. The second-order valence-electron chi connectivity index (χ2n) is 7.16. The summed E-state index contributed by atoms with van der Waals surface area (Å²) in [5.74, 6) is 0.192. The molecule has 2 aromatic rings. The van der Waals surface area contributed by atoms with Gasteiger partial charge in [0.2, 0.25) is 5.95 Å². The van der Waals surface area contributed by atoms with Crippen molar-refractivity contribution in [2.24, 2.45) is 0 Å². The molecule has 1 unspecified atom stereocenters. The van der Waals surface area contributed by atoms with Crippen LogP contribution >= 0.6 is 0 Å². The number of halogens is 3. The fourth-order valence-corrected chi connectivity index (χ4v) is 3.12. The Bertz CT molecular complexity index is 938. The molecule has 0 radical (unpaired) electrons. The number of aromatic amines is 1. The van der Waals surface area contributed by atoms with Crippen LogP contribution in [0.2, 0.25) is 0 Å². The molecule has 3 rings (SSSR count). The number of carbonyl (C=O) groups excluding carboxylic acids is 1. The second kappa shape index (κ2) is 8.72. The van der Waals surface area contributed by atoms with E-state index in [1.165, 1.54) is 4.90 Å². The number of pyridine rings is 1. The van der Waals surface area contributed by atoms with Crippen LogP contribution in [0.5, 0.6) is 0 Å². The predicted octanol–water partition coefficient (Wildman–Crippen LogP) is 2.38. The van der Waals surface area contributed by atoms with E-state index >= 15 is 0 Å². The van der Waals surface area contributed by atoms with Gasteiger partial charge in [0.25, 0.3) is 5.56 Å². The first-order chi connectivity index (χ1) is 14.1. The van der Waals surface area contributed by atoms with Gasteiger partial charge < -0.3 is 19.5 Å². The van der Waals surface area contributed by atoms with E-state index in [0.29, 0.717) is 38.2 Å².